The van der Waals surface area contributed by atoms with Gasteiger partial charge in [0.2, 0.25) is 5.78 Å². The summed E-state index contributed by atoms with van der Waals surface area (Å²) in [6.45, 7) is 0.662. The Bertz CT molecular complexity index is 450. The zero-order chi connectivity index (χ0) is 11.5. The maximum absolute atomic E-state index is 12.0. The van der Waals surface area contributed by atoms with E-state index < -0.39 is 0 Å². The molecule has 84 valence electrons. The summed E-state index contributed by atoms with van der Waals surface area (Å²) in [7, 11) is 1.53. The second kappa shape index (κ2) is 5.05. The predicted octanol–water partition coefficient (Wildman–Crippen LogP) is 2.91. The van der Waals surface area contributed by atoms with Gasteiger partial charge in [0, 0.05) is 48.9 Å². The summed E-state index contributed by atoms with van der Waals surface area (Å²) in [6, 6.07) is 7.37. The van der Waals surface area contributed by atoms with E-state index in [4.69, 9.17) is 5.21 Å². The standard InChI is InChI=1S/C10H9IN2O2S/c11-16-13-6-5-8(12-15)10(14)7-3-1-2-4-9(7)13/h1-4,15H,5-6H2/b12-8+. The van der Waals surface area contributed by atoms with Crippen LogP contribution in [0.1, 0.15) is 16.8 Å². The van der Waals surface area contributed by atoms with E-state index in [-0.39, 0.29) is 11.5 Å². The minimum Gasteiger partial charge on any atom is -0.411 e. The van der Waals surface area contributed by atoms with Gasteiger partial charge >= 0.3 is 0 Å². The van der Waals surface area contributed by atoms with Gasteiger partial charge in [0.25, 0.3) is 0 Å². The van der Waals surface area contributed by atoms with Crippen LogP contribution in [0, 0.1) is 0 Å². The fraction of sp³-hybridized carbons (Fsp3) is 0.200. The molecule has 0 saturated heterocycles. The Balaban J connectivity index is 2.53. The number of nitrogens with zero attached hydrogens (tertiary/aromatic N) is 2. The van der Waals surface area contributed by atoms with Gasteiger partial charge in [0.15, 0.2) is 0 Å². The number of anilines is 1. The molecule has 0 radical (unpaired) electrons. The maximum Gasteiger partial charge on any atom is 0.212 e. The molecule has 0 bridgehead atoms. The van der Waals surface area contributed by atoms with Crippen molar-refractivity contribution in [2.75, 3.05) is 10.8 Å². The second-order valence-corrected chi connectivity index (χ2v) is 5.07. The van der Waals surface area contributed by atoms with Crippen LogP contribution < -0.4 is 4.31 Å². The van der Waals surface area contributed by atoms with Gasteiger partial charge in [-0.05, 0) is 12.1 Å². The number of hydrogen-bond acceptors (Lipinski definition) is 5. The Morgan fingerprint density at radius 1 is 1.44 bits per heavy atom. The number of fused-ring (bicyclic) bond motifs is 1. The van der Waals surface area contributed by atoms with Gasteiger partial charge in [-0.3, -0.25) is 4.79 Å². The molecular weight excluding hydrogens is 339 g/mol. The molecule has 16 heavy (non-hydrogen) atoms. The molecule has 1 heterocycles. The Morgan fingerprint density at radius 2 is 2.19 bits per heavy atom. The molecule has 1 N–H and O–H groups in total. The number of halogens is 1. The Kier molecular flexibility index (Phi) is 3.70. The van der Waals surface area contributed by atoms with Crippen LogP contribution in [0.3, 0.4) is 0 Å². The molecule has 6 heteroatoms. The van der Waals surface area contributed by atoms with Crippen molar-refractivity contribution >= 4 is 47.5 Å². The van der Waals surface area contributed by atoms with Gasteiger partial charge in [-0.25, -0.2) is 0 Å². The highest BCUT2D eigenvalue weighted by Gasteiger charge is 2.25. The number of para-hydroxylation sites is 1. The highest BCUT2D eigenvalue weighted by atomic mass is 127. The molecule has 0 unspecified atom stereocenters. The van der Waals surface area contributed by atoms with Crippen LogP contribution in [-0.4, -0.2) is 23.2 Å². The zero-order valence-corrected chi connectivity index (χ0v) is 11.2. The lowest BCUT2D eigenvalue weighted by Crippen LogP contribution is -2.15. The van der Waals surface area contributed by atoms with Crippen LogP contribution >= 0.6 is 30.3 Å². The van der Waals surface area contributed by atoms with Crippen LogP contribution in [0.25, 0.3) is 0 Å². The van der Waals surface area contributed by atoms with Crippen LogP contribution in [0.5, 0.6) is 0 Å². The third-order valence-corrected chi connectivity index (χ3v) is 4.41. The minimum atomic E-state index is -0.189. The molecule has 0 fully saturated rings. The Labute approximate surface area is 109 Å². The SMILES string of the molecule is O=C1/C(=N/O)CCN(SI)c2ccccc21. The fourth-order valence-corrected chi connectivity index (χ4v) is 3.27. The summed E-state index contributed by atoms with van der Waals surface area (Å²) in [5.41, 5.74) is 1.70. The molecule has 0 spiro atoms. The van der Waals surface area contributed by atoms with Crippen molar-refractivity contribution in [3.05, 3.63) is 29.8 Å². The number of rotatable bonds is 1. The van der Waals surface area contributed by atoms with Gasteiger partial charge in [0.05, 0.1) is 5.69 Å². The number of carbonyl (C=O) groups is 1. The van der Waals surface area contributed by atoms with Crippen molar-refractivity contribution in [1.82, 2.24) is 0 Å². The van der Waals surface area contributed by atoms with E-state index >= 15 is 0 Å². The molecule has 1 aromatic rings. The molecule has 0 aliphatic carbocycles. The van der Waals surface area contributed by atoms with E-state index in [0.29, 0.717) is 18.5 Å². The van der Waals surface area contributed by atoms with Gasteiger partial charge in [-0.1, -0.05) is 17.3 Å². The minimum absolute atomic E-state index is 0.189. The fourth-order valence-electron chi connectivity index (χ4n) is 1.65. The number of benzene rings is 1. The van der Waals surface area contributed by atoms with Crippen LogP contribution in [0.2, 0.25) is 0 Å². The van der Waals surface area contributed by atoms with Gasteiger partial charge < -0.3 is 9.51 Å². The van der Waals surface area contributed by atoms with Crippen LogP contribution in [0.15, 0.2) is 29.4 Å². The smallest absolute Gasteiger partial charge is 0.212 e. The quantitative estimate of drug-likeness (QED) is 0.367. The van der Waals surface area contributed by atoms with Crippen molar-refractivity contribution in [3.63, 3.8) is 0 Å². The molecule has 2 rings (SSSR count). The van der Waals surface area contributed by atoms with Crippen molar-refractivity contribution in [2.24, 2.45) is 5.16 Å². The first-order valence-corrected chi connectivity index (χ1v) is 8.00. The predicted molar refractivity (Wildman–Crippen MR) is 73.6 cm³/mol. The summed E-state index contributed by atoms with van der Waals surface area (Å²) in [4.78, 5) is 12.0. The van der Waals surface area contributed by atoms with E-state index in [1.807, 2.05) is 22.5 Å². The molecule has 1 aliphatic rings. The van der Waals surface area contributed by atoms with Gasteiger partial charge in [-0.2, -0.15) is 0 Å². The number of Topliss-reactive ketones (excluding diaryl/α,β-unsaturated/α-hetero) is 1. The van der Waals surface area contributed by atoms with E-state index in [0.717, 1.165) is 5.69 Å². The summed E-state index contributed by atoms with van der Waals surface area (Å²) in [5.74, 6) is -0.189. The van der Waals surface area contributed by atoms with Crippen molar-refractivity contribution in [3.8, 4) is 0 Å². The first kappa shape index (κ1) is 11.7. The highest BCUT2D eigenvalue weighted by molar-refractivity contribution is 14.2. The van der Waals surface area contributed by atoms with Crippen molar-refractivity contribution < 1.29 is 10.0 Å². The summed E-state index contributed by atoms with van der Waals surface area (Å²) in [6.07, 6.45) is 0.458. The molecule has 4 nitrogen and oxygen atoms in total. The van der Waals surface area contributed by atoms with Crippen molar-refractivity contribution in [2.45, 2.75) is 6.42 Å². The van der Waals surface area contributed by atoms with Crippen molar-refractivity contribution in [1.29, 1.82) is 0 Å². The zero-order valence-electron chi connectivity index (χ0n) is 8.26. The third kappa shape index (κ3) is 2.03. The van der Waals surface area contributed by atoms with E-state index in [9.17, 15) is 4.79 Å². The monoisotopic (exact) mass is 348 g/mol. The van der Waals surface area contributed by atoms with Gasteiger partial charge in [0.1, 0.15) is 5.71 Å². The van der Waals surface area contributed by atoms with E-state index in [2.05, 4.69) is 26.4 Å². The summed E-state index contributed by atoms with van der Waals surface area (Å²) >= 11 is 2.18. The largest absolute Gasteiger partial charge is 0.411 e. The maximum atomic E-state index is 12.0. The van der Waals surface area contributed by atoms with E-state index in [1.54, 1.807) is 6.07 Å². The first-order chi connectivity index (χ1) is 7.77. The molecular formula is C10H9IN2O2S. The lowest BCUT2D eigenvalue weighted by Gasteiger charge is -2.18. The summed E-state index contributed by atoms with van der Waals surface area (Å²) < 4.78 is 2.02. The lowest BCUT2D eigenvalue weighted by atomic mass is 10.1. The van der Waals surface area contributed by atoms with Crippen LogP contribution in [-0.2, 0) is 0 Å². The van der Waals surface area contributed by atoms with Crippen LogP contribution in [0.4, 0.5) is 5.69 Å². The number of oxime groups is 1. The molecule has 0 atom stereocenters. The third-order valence-electron chi connectivity index (χ3n) is 2.44. The lowest BCUT2D eigenvalue weighted by molar-refractivity contribution is 0.106. The second-order valence-electron chi connectivity index (χ2n) is 3.31. The Morgan fingerprint density at radius 3 is 2.88 bits per heavy atom. The first-order valence-electron chi connectivity index (χ1n) is 4.69. The number of ketones is 1. The molecule has 0 saturated carbocycles. The topological polar surface area (TPSA) is 52.9 Å². The average molecular weight is 348 g/mol. The molecule has 0 aromatic heterocycles. The number of hydrogen-bond donors (Lipinski definition) is 1. The van der Waals surface area contributed by atoms with E-state index in [1.165, 1.54) is 9.12 Å². The molecule has 1 aliphatic heterocycles. The molecule has 1 aromatic carbocycles. The van der Waals surface area contributed by atoms with Gasteiger partial charge in [-0.15, -0.1) is 0 Å². The molecule has 0 amide bonds. The average Bonchev–Trinajstić information content (AvgIpc) is 2.47. The number of carbonyl (C=O) groups excluding carboxylic acids is 1. The highest BCUT2D eigenvalue weighted by Crippen LogP contribution is 2.33. The summed E-state index contributed by atoms with van der Waals surface area (Å²) in [5, 5.41) is 11.9. The Hall–Kier alpha value is -0.760. The normalized spacial score (nSPS) is 18.4.